The molecule has 2 rings (SSSR count). The molecule has 100 valence electrons. The zero-order valence-corrected chi connectivity index (χ0v) is 11.4. The lowest BCUT2D eigenvalue weighted by molar-refractivity contribution is 0.467. The largest absolute Gasteiger partial charge is 0.506 e. The van der Waals surface area contributed by atoms with Gasteiger partial charge in [-0.05, 0) is 37.3 Å². The van der Waals surface area contributed by atoms with Gasteiger partial charge >= 0.3 is 0 Å². The first-order valence-corrected chi connectivity index (χ1v) is 6.46. The molecule has 0 radical (unpaired) electrons. The second-order valence-electron chi connectivity index (χ2n) is 4.24. The number of phenolic OH excluding ortho intramolecular Hbond substituents is 1. The van der Waals surface area contributed by atoms with E-state index in [0.29, 0.717) is 11.6 Å². The Kier molecular flexibility index (Phi) is 4.27. The van der Waals surface area contributed by atoms with Gasteiger partial charge in [0.25, 0.3) is 0 Å². The summed E-state index contributed by atoms with van der Waals surface area (Å²) in [7, 11) is 0. The average molecular weight is 280 g/mol. The van der Waals surface area contributed by atoms with Crippen molar-refractivity contribution in [1.82, 2.24) is 0 Å². The summed E-state index contributed by atoms with van der Waals surface area (Å²) >= 11 is 5.89. The summed E-state index contributed by atoms with van der Waals surface area (Å²) in [5.74, 6) is -0.157. The fourth-order valence-electron chi connectivity index (χ4n) is 1.93. The van der Waals surface area contributed by atoms with Crippen LogP contribution in [0, 0.1) is 5.82 Å². The van der Waals surface area contributed by atoms with Gasteiger partial charge < -0.3 is 10.0 Å². The van der Waals surface area contributed by atoms with Gasteiger partial charge in [-0.25, -0.2) is 4.39 Å². The molecule has 0 aliphatic heterocycles. The van der Waals surface area contributed by atoms with Gasteiger partial charge in [0.1, 0.15) is 11.6 Å². The van der Waals surface area contributed by atoms with Gasteiger partial charge in [0.2, 0.25) is 0 Å². The number of phenols is 1. The predicted molar refractivity (Wildman–Crippen MR) is 76.2 cm³/mol. The van der Waals surface area contributed by atoms with Crippen molar-refractivity contribution >= 4 is 17.3 Å². The lowest BCUT2D eigenvalue weighted by Crippen LogP contribution is -2.21. The van der Waals surface area contributed by atoms with E-state index in [-0.39, 0.29) is 11.6 Å². The highest BCUT2D eigenvalue weighted by atomic mass is 35.5. The van der Waals surface area contributed by atoms with Crippen molar-refractivity contribution in [2.45, 2.75) is 13.5 Å². The molecule has 0 fully saturated rings. The number of aromatic hydroxyl groups is 1. The average Bonchev–Trinajstić information content (AvgIpc) is 2.42. The fraction of sp³-hybridized carbons (Fsp3) is 0.200. The van der Waals surface area contributed by atoms with Gasteiger partial charge in [-0.15, -0.1) is 0 Å². The second-order valence-corrected chi connectivity index (χ2v) is 4.65. The highest BCUT2D eigenvalue weighted by molar-refractivity contribution is 6.32. The SMILES string of the molecule is CCN(Cc1cccc(Cl)c1O)c1ccc(F)cc1. The lowest BCUT2D eigenvalue weighted by atomic mass is 10.1. The van der Waals surface area contributed by atoms with E-state index in [2.05, 4.69) is 0 Å². The van der Waals surface area contributed by atoms with Crippen molar-refractivity contribution in [3.8, 4) is 5.75 Å². The number of para-hydroxylation sites is 1. The van der Waals surface area contributed by atoms with E-state index in [1.54, 1.807) is 24.3 Å². The molecule has 0 atom stereocenters. The number of nitrogens with zero attached hydrogens (tertiary/aromatic N) is 1. The number of benzene rings is 2. The highest BCUT2D eigenvalue weighted by Crippen LogP contribution is 2.29. The quantitative estimate of drug-likeness (QED) is 0.906. The van der Waals surface area contributed by atoms with Gasteiger partial charge in [0.15, 0.2) is 0 Å². The first kappa shape index (κ1) is 13.7. The number of hydrogen-bond donors (Lipinski definition) is 1. The molecule has 0 aromatic heterocycles. The van der Waals surface area contributed by atoms with Gasteiger partial charge in [-0.1, -0.05) is 23.7 Å². The Hall–Kier alpha value is -1.74. The number of rotatable bonds is 4. The van der Waals surface area contributed by atoms with Crippen LogP contribution in [-0.4, -0.2) is 11.7 Å². The third-order valence-corrected chi connectivity index (χ3v) is 3.31. The molecule has 2 aromatic rings. The van der Waals surface area contributed by atoms with Gasteiger partial charge in [0.05, 0.1) is 5.02 Å². The van der Waals surface area contributed by atoms with Crippen LogP contribution < -0.4 is 4.90 Å². The number of anilines is 1. The molecule has 0 amide bonds. The Bertz CT molecular complexity index is 557. The lowest BCUT2D eigenvalue weighted by Gasteiger charge is -2.23. The maximum atomic E-state index is 12.9. The van der Waals surface area contributed by atoms with Crippen LogP contribution >= 0.6 is 11.6 Å². The van der Waals surface area contributed by atoms with Gasteiger partial charge in [0, 0.05) is 24.3 Å². The molecule has 1 N–H and O–H groups in total. The van der Waals surface area contributed by atoms with Crippen LogP contribution in [0.2, 0.25) is 5.02 Å². The molecule has 0 saturated carbocycles. The molecule has 0 heterocycles. The van der Waals surface area contributed by atoms with Crippen molar-refractivity contribution in [2.24, 2.45) is 0 Å². The standard InChI is InChI=1S/C15H15ClFNO/c1-2-18(13-8-6-12(17)7-9-13)10-11-4-3-5-14(16)15(11)19/h3-9,19H,2,10H2,1H3. The fourth-order valence-corrected chi connectivity index (χ4v) is 2.12. The molecule has 0 saturated heterocycles. The summed E-state index contributed by atoms with van der Waals surface area (Å²) in [5, 5.41) is 10.3. The van der Waals surface area contributed by atoms with Crippen molar-refractivity contribution in [1.29, 1.82) is 0 Å². The van der Waals surface area contributed by atoms with Crippen LogP contribution in [0.4, 0.5) is 10.1 Å². The van der Waals surface area contributed by atoms with E-state index in [9.17, 15) is 9.50 Å². The maximum Gasteiger partial charge on any atom is 0.139 e. The highest BCUT2D eigenvalue weighted by Gasteiger charge is 2.10. The van der Waals surface area contributed by atoms with Crippen molar-refractivity contribution in [2.75, 3.05) is 11.4 Å². The van der Waals surface area contributed by atoms with Crippen molar-refractivity contribution in [3.05, 3.63) is 58.9 Å². The maximum absolute atomic E-state index is 12.9. The summed E-state index contributed by atoms with van der Waals surface area (Å²) in [4.78, 5) is 2.03. The summed E-state index contributed by atoms with van der Waals surface area (Å²) in [6, 6.07) is 11.6. The van der Waals surface area contributed by atoms with E-state index < -0.39 is 0 Å². The van der Waals surface area contributed by atoms with Crippen LogP contribution in [0.1, 0.15) is 12.5 Å². The molecule has 0 aliphatic carbocycles. The first-order chi connectivity index (χ1) is 9.11. The Morgan fingerprint density at radius 2 is 1.84 bits per heavy atom. The first-order valence-electron chi connectivity index (χ1n) is 6.08. The minimum atomic E-state index is -0.259. The third kappa shape index (κ3) is 3.18. The zero-order chi connectivity index (χ0) is 13.8. The molecule has 4 heteroatoms. The molecule has 0 aliphatic rings. The molecule has 0 unspecified atom stereocenters. The van der Waals surface area contributed by atoms with E-state index in [4.69, 9.17) is 11.6 Å². The van der Waals surface area contributed by atoms with E-state index in [1.807, 2.05) is 17.9 Å². The summed E-state index contributed by atoms with van der Waals surface area (Å²) in [6.45, 7) is 3.27. The minimum Gasteiger partial charge on any atom is -0.506 e. The van der Waals surface area contributed by atoms with Gasteiger partial charge in [-0.3, -0.25) is 0 Å². The van der Waals surface area contributed by atoms with Crippen LogP contribution in [0.15, 0.2) is 42.5 Å². The summed E-state index contributed by atoms with van der Waals surface area (Å²) in [5.41, 5.74) is 1.65. The van der Waals surface area contributed by atoms with Crippen LogP contribution in [0.3, 0.4) is 0 Å². The normalized spacial score (nSPS) is 10.5. The van der Waals surface area contributed by atoms with Crippen LogP contribution in [0.5, 0.6) is 5.75 Å². The molecule has 0 spiro atoms. The van der Waals surface area contributed by atoms with E-state index in [1.165, 1.54) is 12.1 Å². The Morgan fingerprint density at radius 3 is 2.47 bits per heavy atom. The summed E-state index contributed by atoms with van der Waals surface area (Å²) in [6.07, 6.45) is 0. The molecule has 0 bridgehead atoms. The molecule has 19 heavy (non-hydrogen) atoms. The molecule has 2 nitrogen and oxygen atoms in total. The van der Waals surface area contributed by atoms with Crippen molar-refractivity contribution < 1.29 is 9.50 Å². The Labute approximate surface area is 117 Å². The molecular weight excluding hydrogens is 265 g/mol. The smallest absolute Gasteiger partial charge is 0.139 e. The molecule has 2 aromatic carbocycles. The number of halogens is 2. The predicted octanol–water partition coefficient (Wildman–Crippen LogP) is 4.21. The third-order valence-electron chi connectivity index (χ3n) is 3.01. The van der Waals surface area contributed by atoms with E-state index in [0.717, 1.165) is 17.8 Å². The number of hydrogen-bond acceptors (Lipinski definition) is 2. The topological polar surface area (TPSA) is 23.5 Å². The second kappa shape index (κ2) is 5.93. The Balaban J connectivity index is 2.24. The van der Waals surface area contributed by atoms with Crippen LogP contribution in [0.25, 0.3) is 0 Å². The zero-order valence-electron chi connectivity index (χ0n) is 10.6. The summed E-state index contributed by atoms with van der Waals surface area (Å²) < 4.78 is 12.9. The van der Waals surface area contributed by atoms with Crippen molar-refractivity contribution in [3.63, 3.8) is 0 Å². The van der Waals surface area contributed by atoms with Crippen LogP contribution in [-0.2, 0) is 6.54 Å². The Morgan fingerprint density at radius 1 is 1.16 bits per heavy atom. The minimum absolute atomic E-state index is 0.102. The monoisotopic (exact) mass is 279 g/mol. The van der Waals surface area contributed by atoms with Gasteiger partial charge in [-0.2, -0.15) is 0 Å². The molecular formula is C15H15ClFNO. The van der Waals surface area contributed by atoms with E-state index >= 15 is 0 Å².